The van der Waals surface area contributed by atoms with E-state index in [1.165, 1.54) is 36.5 Å². The van der Waals surface area contributed by atoms with Gasteiger partial charge in [-0.05, 0) is 24.3 Å². The number of benzene rings is 2. The molecule has 1 aliphatic heterocycles. The molecule has 5 atom stereocenters. The summed E-state index contributed by atoms with van der Waals surface area (Å²) in [5.74, 6) is -0.473. The lowest BCUT2D eigenvalue weighted by atomic mass is 9.96. The number of halogens is 1. The zero-order valence-corrected chi connectivity index (χ0v) is 17.4. The summed E-state index contributed by atoms with van der Waals surface area (Å²) < 4.78 is 47.7. The van der Waals surface area contributed by atoms with E-state index >= 15 is 0 Å². The summed E-state index contributed by atoms with van der Waals surface area (Å²) in [5, 5.41) is 39.0. The van der Waals surface area contributed by atoms with Crippen molar-refractivity contribution in [1.29, 1.82) is 0 Å². The van der Waals surface area contributed by atoms with Crippen LogP contribution in [-0.4, -0.2) is 69.9 Å². The SMILES string of the molecule is O=S(=O)(N[C@@H]1OC(CO)[C@H](O)C(n2cc(-c3cccc(F)c3)nn2)C1O)c1ccccc1. The van der Waals surface area contributed by atoms with E-state index in [0.717, 1.165) is 4.68 Å². The van der Waals surface area contributed by atoms with E-state index in [1.54, 1.807) is 24.3 Å². The zero-order valence-electron chi connectivity index (χ0n) is 16.6. The molecule has 0 bridgehead atoms. The van der Waals surface area contributed by atoms with Gasteiger partial charge in [-0.1, -0.05) is 35.5 Å². The van der Waals surface area contributed by atoms with Gasteiger partial charge in [0.2, 0.25) is 10.0 Å². The molecule has 0 amide bonds. The lowest BCUT2D eigenvalue weighted by Crippen LogP contribution is -2.61. The molecule has 0 saturated carbocycles. The molecular weight excluding hydrogens is 443 g/mol. The third-order valence-corrected chi connectivity index (χ3v) is 6.59. The summed E-state index contributed by atoms with van der Waals surface area (Å²) in [6, 6.07) is 11.9. The predicted octanol–water partition coefficient (Wildman–Crippen LogP) is 0.0428. The van der Waals surface area contributed by atoms with Crippen molar-refractivity contribution >= 4 is 10.0 Å². The van der Waals surface area contributed by atoms with Crippen LogP contribution in [0.15, 0.2) is 65.7 Å². The van der Waals surface area contributed by atoms with Crippen molar-refractivity contribution in [3.05, 3.63) is 66.6 Å². The second-order valence-electron chi connectivity index (χ2n) is 7.28. The molecule has 0 aliphatic carbocycles. The number of nitrogens with zero attached hydrogens (tertiary/aromatic N) is 3. The summed E-state index contributed by atoms with van der Waals surface area (Å²) >= 11 is 0. The van der Waals surface area contributed by atoms with Gasteiger partial charge in [-0.3, -0.25) is 0 Å². The van der Waals surface area contributed by atoms with Crippen LogP contribution in [0.1, 0.15) is 6.04 Å². The number of sulfonamides is 1. The van der Waals surface area contributed by atoms with Gasteiger partial charge in [-0.25, -0.2) is 17.5 Å². The Hall–Kier alpha value is -2.74. The minimum absolute atomic E-state index is 0.0480. The van der Waals surface area contributed by atoms with Gasteiger partial charge in [0.15, 0.2) is 0 Å². The van der Waals surface area contributed by atoms with E-state index < -0.39 is 53.0 Å². The van der Waals surface area contributed by atoms with E-state index in [2.05, 4.69) is 15.0 Å². The highest BCUT2D eigenvalue weighted by atomic mass is 32.2. The number of aliphatic hydroxyl groups excluding tert-OH is 3. The minimum Gasteiger partial charge on any atom is -0.394 e. The van der Waals surface area contributed by atoms with E-state index in [-0.39, 0.29) is 10.6 Å². The van der Waals surface area contributed by atoms with Crippen molar-refractivity contribution in [3.63, 3.8) is 0 Å². The molecule has 1 aliphatic rings. The molecule has 170 valence electrons. The minimum atomic E-state index is -4.08. The first-order valence-corrected chi connectivity index (χ1v) is 11.2. The molecule has 0 radical (unpaired) electrons. The topological polar surface area (TPSA) is 147 Å². The quantitative estimate of drug-likeness (QED) is 0.400. The molecule has 0 spiro atoms. The summed E-state index contributed by atoms with van der Waals surface area (Å²) in [6.07, 6.45) is -4.35. The summed E-state index contributed by atoms with van der Waals surface area (Å²) in [6.45, 7) is -0.639. The predicted molar refractivity (Wildman–Crippen MR) is 109 cm³/mol. The Morgan fingerprint density at radius 3 is 2.53 bits per heavy atom. The maximum absolute atomic E-state index is 13.5. The Morgan fingerprint density at radius 2 is 1.84 bits per heavy atom. The average molecular weight is 464 g/mol. The third-order valence-electron chi connectivity index (χ3n) is 5.15. The monoisotopic (exact) mass is 464 g/mol. The van der Waals surface area contributed by atoms with Gasteiger partial charge in [0.05, 0.1) is 17.7 Å². The molecule has 2 aromatic carbocycles. The average Bonchev–Trinajstić information content (AvgIpc) is 3.26. The molecule has 10 nitrogen and oxygen atoms in total. The van der Waals surface area contributed by atoms with Crippen LogP contribution in [-0.2, 0) is 14.8 Å². The van der Waals surface area contributed by atoms with E-state index in [1.807, 2.05) is 0 Å². The Labute approximate surface area is 182 Å². The number of hydrogen-bond donors (Lipinski definition) is 4. The van der Waals surface area contributed by atoms with Crippen LogP contribution in [0.4, 0.5) is 4.39 Å². The van der Waals surface area contributed by atoms with Crippen LogP contribution in [0, 0.1) is 5.82 Å². The molecule has 12 heteroatoms. The van der Waals surface area contributed by atoms with Crippen molar-refractivity contribution in [3.8, 4) is 11.3 Å². The Kier molecular flexibility index (Phi) is 6.33. The van der Waals surface area contributed by atoms with Crippen molar-refractivity contribution < 1.29 is 32.9 Å². The van der Waals surface area contributed by atoms with Gasteiger partial charge >= 0.3 is 0 Å². The molecule has 3 aromatic rings. The molecule has 32 heavy (non-hydrogen) atoms. The molecule has 1 fully saturated rings. The highest BCUT2D eigenvalue weighted by molar-refractivity contribution is 7.89. The van der Waals surface area contributed by atoms with Crippen molar-refractivity contribution in [2.24, 2.45) is 0 Å². The first-order valence-electron chi connectivity index (χ1n) is 9.68. The first-order chi connectivity index (χ1) is 15.3. The maximum atomic E-state index is 13.5. The van der Waals surface area contributed by atoms with Crippen molar-refractivity contribution in [1.82, 2.24) is 19.7 Å². The largest absolute Gasteiger partial charge is 0.394 e. The summed E-state index contributed by atoms with van der Waals surface area (Å²) in [4.78, 5) is -0.0480. The fraction of sp³-hybridized carbons (Fsp3) is 0.300. The number of aliphatic hydroxyl groups is 3. The lowest BCUT2D eigenvalue weighted by molar-refractivity contribution is -0.208. The van der Waals surface area contributed by atoms with Gasteiger partial charge in [-0.15, -0.1) is 5.10 Å². The molecule has 1 saturated heterocycles. The van der Waals surface area contributed by atoms with E-state index in [4.69, 9.17) is 4.74 Å². The highest BCUT2D eigenvalue weighted by Crippen LogP contribution is 2.30. The molecular formula is C20H21FN4O6S. The van der Waals surface area contributed by atoms with E-state index in [0.29, 0.717) is 5.56 Å². The van der Waals surface area contributed by atoms with Gasteiger partial charge in [0.1, 0.15) is 42.1 Å². The van der Waals surface area contributed by atoms with Crippen LogP contribution in [0.3, 0.4) is 0 Å². The van der Waals surface area contributed by atoms with Crippen LogP contribution < -0.4 is 4.72 Å². The number of rotatable bonds is 6. The Morgan fingerprint density at radius 1 is 1.09 bits per heavy atom. The molecule has 4 rings (SSSR count). The number of ether oxygens (including phenoxy) is 1. The Balaban J connectivity index is 1.63. The first kappa shape index (κ1) is 22.5. The third kappa shape index (κ3) is 4.41. The summed E-state index contributed by atoms with van der Waals surface area (Å²) in [7, 11) is -4.08. The van der Waals surface area contributed by atoms with Crippen LogP contribution in [0.5, 0.6) is 0 Å². The molecule has 3 unspecified atom stereocenters. The van der Waals surface area contributed by atoms with Gasteiger partial charge in [0, 0.05) is 5.56 Å². The fourth-order valence-corrected chi connectivity index (χ4v) is 4.69. The maximum Gasteiger partial charge on any atom is 0.242 e. The standard InChI is InChI=1S/C20H21FN4O6S/c21-13-6-4-5-12(9-13)15-10-25(24-22-15)17-18(27)16(11-26)31-20(19(17)28)23-32(29,30)14-7-2-1-3-8-14/h1-10,16-20,23,26-28H,11H2/t16?,17?,18-,19?,20+/m0/s1. The van der Waals surface area contributed by atoms with Crippen molar-refractivity contribution in [2.45, 2.75) is 35.5 Å². The van der Waals surface area contributed by atoms with Crippen LogP contribution >= 0.6 is 0 Å². The zero-order chi connectivity index (χ0) is 22.9. The highest BCUT2D eigenvalue weighted by Gasteiger charge is 2.47. The van der Waals surface area contributed by atoms with Gasteiger partial charge in [0.25, 0.3) is 0 Å². The smallest absolute Gasteiger partial charge is 0.242 e. The lowest BCUT2D eigenvalue weighted by Gasteiger charge is -2.42. The second kappa shape index (κ2) is 9.02. The van der Waals surface area contributed by atoms with Gasteiger partial charge in [-0.2, -0.15) is 4.72 Å². The van der Waals surface area contributed by atoms with Gasteiger partial charge < -0.3 is 20.1 Å². The van der Waals surface area contributed by atoms with Crippen LogP contribution in [0.2, 0.25) is 0 Å². The molecule has 2 heterocycles. The number of nitrogens with one attached hydrogen (secondary N) is 1. The normalized spacial score (nSPS) is 26.2. The number of hydrogen-bond acceptors (Lipinski definition) is 8. The molecule has 4 N–H and O–H groups in total. The van der Waals surface area contributed by atoms with Crippen LogP contribution in [0.25, 0.3) is 11.3 Å². The second-order valence-corrected chi connectivity index (χ2v) is 8.99. The molecule has 1 aromatic heterocycles. The fourth-order valence-electron chi connectivity index (χ4n) is 3.53. The number of aromatic nitrogens is 3. The summed E-state index contributed by atoms with van der Waals surface area (Å²) in [5.41, 5.74) is 0.699. The Bertz CT molecular complexity index is 1180. The van der Waals surface area contributed by atoms with Crippen molar-refractivity contribution in [2.75, 3.05) is 6.61 Å². The van der Waals surface area contributed by atoms with E-state index in [9.17, 15) is 28.1 Å².